The Morgan fingerprint density at radius 1 is 1.33 bits per heavy atom. The summed E-state index contributed by atoms with van der Waals surface area (Å²) in [7, 11) is 0. The molecule has 0 aliphatic heterocycles. The van der Waals surface area contributed by atoms with E-state index in [-0.39, 0.29) is 17.1 Å². The van der Waals surface area contributed by atoms with E-state index in [0.29, 0.717) is 34.9 Å². The Hall–Kier alpha value is -1.89. The molecule has 0 spiro atoms. The van der Waals surface area contributed by atoms with Crippen molar-refractivity contribution in [3.63, 3.8) is 0 Å². The van der Waals surface area contributed by atoms with E-state index in [2.05, 4.69) is 41.2 Å². The zero-order chi connectivity index (χ0) is 17.1. The number of nitrogens with zero attached hydrogens (tertiary/aromatic N) is 3. The first-order valence-corrected chi connectivity index (χ1v) is 8.83. The van der Waals surface area contributed by atoms with Gasteiger partial charge in [0.2, 0.25) is 5.95 Å². The van der Waals surface area contributed by atoms with Gasteiger partial charge in [0.25, 0.3) is 5.56 Å². The first-order chi connectivity index (χ1) is 11.3. The van der Waals surface area contributed by atoms with Gasteiger partial charge in [-0.1, -0.05) is 0 Å². The van der Waals surface area contributed by atoms with Gasteiger partial charge in [-0.2, -0.15) is 10.1 Å². The standard InChI is InChI=1S/C17H26N6O/c1-17(2,3)23-14-11(8-19-23)15(24)22-16(21-14)20-13-7-9-4-5-10(13)12(18)6-9/h8-10,12-13H,4-7,18H2,1-3H3,(H2,20,21,22,24)/t9-,10+,12-,13+/m0/s1. The van der Waals surface area contributed by atoms with Crippen LogP contribution in [0.1, 0.15) is 46.5 Å². The maximum absolute atomic E-state index is 12.4. The topological polar surface area (TPSA) is 102 Å². The van der Waals surface area contributed by atoms with Crippen molar-refractivity contribution in [1.82, 2.24) is 19.7 Å². The molecule has 4 atom stereocenters. The van der Waals surface area contributed by atoms with Crippen LogP contribution in [0.25, 0.3) is 11.0 Å². The van der Waals surface area contributed by atoms with Gasteiger partial charge in [0, 0.05) is 12.1 Å². The average molecular weight is 330 g/mol. The average Bonchev–Trinajstić information content (AvgIpc) is 2.92. The molecule has 5 rings (SSSR count). The van der Waals surface area contributed by atoms with E-state index in [0.717, 1.165) is 19.3 Å². The molecular weight excluding hydrogens is 304 g/mol. The number of aromatic nitrogens is 4. The summed E-state index contributed by atoms with van der Waals surface area (Å²) in [5, 5.41) is 8.33. The van der Waals surface area contributed by atoms with Gasteiger partial charge < -0.3 is 11.1 Å². The molecule has 0 aromatic carbocycles. The number of hydrogen-bond acceptors (Lipinski definition) is 5. The lowest BCUT2D eigenvalue weighted by atomic mass is 9.65. The summed E-state index contributed by atoms with van der Waals surface area (Å²) in [5.41, 5.74) is 6.55. The molecular formula is C17H26N6O. The molecule has 0 radical (unpaired) electrons. The number of anilines is 1. The highest BCUT2D eigenvalue weighted by molar-refractivity contribution is 5.74. The van der Waals surface area contributed by atoms with E-state index in [9.17, 15) is 4.79 Å². The number of rotatable bonds is 2. The van der Waals surface area contributed by atoms with Crippen molar-refractivity contribution in [3.8, 4) is 0 Å². The summed E-state index contributed by atoms with van der Waals surface area (Å²) >= 11 is 0. The van der Waals surface area contributed by atoms with Crippen molar-refractivity contribution in [2.75, 3.05) is 5.32 Å². The summed E-state index contributed by atoms with van der Waals surface area (Å²) in [6.45, 7) is 6.15. The molecule has 2 aromatic heterocycles. The number of fused-ring (bicyclic) bond motifs is 4. The predicted octanol–water partition coefficient (Wildman–Crippen LogP) is 1.80. The molecule has 3 saturated carbocycles. The summed E-state index contributed by atoms with van der Waals surface area (Å²) in [5.74, 6) is 1.69. The second kappa shape index (κ2) is 5.31. The fraction of sp³-hybridized carbons (Fsp3) is 0.706. The van der Waals surface area contributed by atoms with Gasteiger partial charge in [-0.3, -0.25) is 9.78 Å². The third-order valence-corrected chi connectivity index (χ3v) is 5.56. The number of hydrogen-bond donors (Lipinski definition) is 3. The highest BCUT2D eigenvalue weighted by atomic mass is 16.1. The molecule has 4 N–H and O–H groups in total. The molecule has 2 bridgehead atoms. The zero-order valence-electron chi connectivity index (χ0n) is 14.5. The number of aromatic amines is 1. The number of nitrogens with one attached hydrogen (secondary N) is 2. The largest absolute Gasteiger partial charge is 0.353 e. The Balaban J connectivity index is 1.69. The number of H-pyrrole nitrogens is 1. The summed E-state index contributed by atoms with van der Waals surface area (Å²) in [6.07, 6.45) is 6.27. The maximum atomic E-state index is 12.4. The van der Waals surface area contributed by atoms with Crippen LogP contribution < -0.4 is 16.6 Å². The van der Waals surface area contributed by atoms with Gasteiger partial charge in [-0.15, -0.1) is 0 Å². The molecule has 3 aliphatic carbocycles. The van der Waals surface area contributed by atoms with Crippen LogP contribution in [0.2, 0.25) is 0 Å². The smallest absolute Gasteiger partial charge is 0.263 e. The second-order valence-corrected chi connectivity index (χ2v) is 8.37. The molecule has 2 heterocycles. The van der Waals surface area contributed by atoms with Crippen LogP contribution >= 0.6 is 0 Å². The van der Waals surface area contributed by atoms with Crippen LogP contribution in [-0.2, 0) is 5.54 Å². The molecule has 3 fully saturated rings. The van der Waals surface area contributed by atoms with Gasteiger partial charge >= 0.3 is 0 Å². The Labute approximate surface area is 141 Å². The van der Waals surface area contributed by atoms with Crippen LogP contribution in [0.15, 0.2) is 11.0 Å². The van der Waals surface area contributed by atoms with E-state index in [4.69, 9.17) is 5.73 Å². The van der Waals surface area contributed by atoms with Crippen LogP contribution in [0.3, 0.4) is 0 Å². The minimum absolute atomic E-state index is 0.150. The molecule has 7 heteroatoms. The Morgan fingerprint density at radius 3 is 2.79 bits per heavy atom. The molecule has 3 aliphatic rings. The van der Waals surface area contributed by atoms with Crippen LogP contribution in [-0.4, -0.2) is 31.8 Å². The molecule has 0 amide bonds. The molecule has 7 nitrogen and oxygen atoms in total. The maximum Gasteiger partial charge on any atom is 0.263 e. The Bertz CT molecular complexity index is 817. The van der Waals surface area contributed by atoms with Crippen LogP contribution in [0, 0.1) is 11.8 Å². The summed E-state index contributed by atoms with van der Waals surface area (Å²) in [6, 6.07) is 0.546. The van der Waals surface area contributed by atoms with E-state index < -0.39 is 0 Å². The Morgan fingerprint density at radius 2 is 2.12 bits per heavy atom. The molecule has 0 unspecified atom stereocenters. The fourth-order valence-electron chi connectivity index (χ4n) is 4.39. The van der Waals surface area contributed by atoms with E-state index >= 15 is 0 Å². The van der Waals surface area contributed by atoms with Crippen LogP contribution in [0.5, 0.6) is 0 Å². The van der Waals surface area contributed by atoms with Gasteiger partial charge in [0.1, 0.15) is 5.39 Å². The van der Waals surface area contributed by atoms with Gasteiger partial charge in [0.15, 0.2) is 5.65 Å². The molecule has 24 heavy (non-hydrogen) atoms. The van der Waals surface area contributed by atoms with E-state index in [1.54, 1.807) is 6.20 Å². The molecule has 0 saturated heterocycles. The quantitative estimate of drug-likeness (QED) is 0.779. The lowest BCUT2D eigenvalue weighted by molar-refractivity contribution is 0.130. The minimum atomic E-state index is -0.230. The molecule has 2 aromatic rings. The van der Waals surface area contributed by atoms with Crippen molar-refractivity contribution >= 4 is 17.0 Å². The molecule has 130 valence electrons. The SMILES string of the molecule is CC(C)(C)n1ncc2c(=O)[nH]c(N[C@@H]3C[C@H]4CC[C@@H]3[C@@H](N)C4)nc21. The highest BCUT2D eigenvalue weighted by Crippen LogP contribution is 2.41. The van der Waals surface area contributed by atoms with Crippen molar-refractivity contribution in [3.05, 3.63) is 16.6 Å². The van der Waals surface area contributed by atoms with Crippen LogP contribution in [0.4, 0.5) is 5.95 Å². The lowest BCUT2D eigenvalue weighted by Crippen LogP contribution is -2.52. The third kappa shape index (κ3) is 2.51. The first kappa shape index (κ1) is 15.6. The second-order valence-electron chi connectivity index (χ2n) is 8.37. The monoisotopic (exact) mass is 330 g/mol. The van der Waals surface area contributed by atoms with E-state index in [1.165, 1.54) is 6.42 Å². The van der Waals surface area contributed by atoms with Crippen molar-refractivity contribution in [2.45, 2.75) is 64.1 Å². The van der Waals surface area contributed by atoms with Crippen molar-refractivity contribution in [1.29, 1.82) is 0 Å². The predicted molar refractivity (Wildman–Crippen MR) is 94.0 cm³/mol. The highest BCUT2D eigenvalue weighted by Gasteiger charge is 2.40. The number of nitrogens with two attached hydrogens (primary N) is 1. The minimum Gasteiger partial charge on any atom is -0.353 e. The van der Waals surface area contributed by atoms with Crippen molar-refractivity contribution < 1.29 is 0 Å². The van der Waals surface area contributed by atoms with Crippen molar-refractivity contribution in [2.24, 2.45) is 17.6 Å². The Kier molecular flexibility index (Phi) is 3.46. The summed E-state index contributed by atoms with van der Waals surface area (Å²) < 4.78 is 1.81. The van der Waals surface area contributed by atoms with Gasteiger partial charge in [-0.25, -0.2) is 4.68 Å². The first-order valence-electron chi connectivity index (χ1n) is 8.83. The zero-order valence-corrected chi connectivity index (χ0v) is 14.5. The van der Waals surface area contributed by atoms with E-state index in [1.807, 2.05) is 4.68 Å². The normalized spacial score (nSPS) is 30.0. The summed E-state index contributed by atoms with van der Waals surface area (Å²) in [4.78, 5) is 19.9. The third-order valence-electron chi connectivity index (χ3n) is 5.56. The van der Waals surface area contributed by atoms with Gasteiger partial charge in [-0.05, 0) is 58.3 Å². The fourth-order valence-corrected chi connectivity index (χ4v) is 4.39. The lowest BCUT2D eigenvalue weighted by Gasteiger charge is -2.46. The van der Waals surface area contributed by atoms with Gasteiger partial charge in [0.05, 0.1) is 11.7 Å².